The summed E-state index contributed by atoms with van der Waals surface area (Å²) in [6, 6.07) is 7.98. The van der Waals surface area contributed by atoms with Crippen molar-refractivity contribution in [3.05, 3.63) is 41.5 Å². The summed E-state index contributed by atoms with van der Waals surface area (Å²) in [5, 5.41) is 9.32. The molecular formula is C17H21NO3. The highest BCUT2D eigenvalue weighted by Gasteiger charge is 2.45. The summed E-state index contributed by atoms with van der Waals surface area (Å²) in [6.07, 6.45) is 5.42. The summed E-state index contributed by atoms with van der Waals surface area (Å²) in [7, 11) is 0. The Morgan fingerprint density at radius 3 is 2.57 bits per heavy atom. The lowest BCUT2D eigenvalue weighted by Gasteiger charge is -2.30. The van der Waals surface area contributed by atoms with Crippen molar-refractivity contribution in [2.24, 2.45) is 0 Å². The smallest absolute Gasteiger partial charge is 0.329 e. The number of hydrogen-bond donors (Lipinski definition) is 1. The second kappa shape index (κ2) is 6.12. The molecule has 1 heterocycles. The number of benzene rings is 1. The number of carbonyl (C=O) groups excluding carboxylic acids is 1. The van der Waals surface area contributed by atoms with Gasteiger partial charge in [-0.3, -0.25) is 4.79 Å². The van der Waals surface area contributed by atoms with Crippen LogP contribution >= 0.6 is 0 Å². The molecular weight excluding hydrogens is 266 g/mol. The molecule has 1 unspecified atom stereocenters. The molecule has 4 nitrogen and oxygen atoms in total. The van der Waals surface area contributed by atoms with Crippen molar-refractivity contribution in [2.45, 2.75) is 38.6 Å². The number of amides is 1. The summed E-state index contributed by atoms with van der Waals surface area (Å²) in [5.41, 5.74) is 1.11. The van der Waals surface area contributed by atoms with Gasteiger partial charge in [-0.1, -0.05) is 31.2 Å². The maximum atomic E-state index is 12.2. The van der Waals surface area contributed by atoms with Gasteiger partial charge >= 0.3 is 5.97 Å². The van der Waals surface area contributed by atoms with Crippen molar-refractivity contribution in [3.8, 4) is 0 Å². The maximum Gasteiger partial charge on any atom is 0.329 e. The minimum absolute atomic E-state index is 0.239. The molecule has 1 amide bonds. The quantitative estimate of drug-likeness (QED) is 0.866. The average Bonchev–Trinajstić information content (AvgIpc) is 2.89. The lowest BCUT2D eigenvalue weighted by molar-refractivity contribution is -0.153. The molecule has 0 spiro atoms. The van der Waals surface area contributed by atoms with Gasteiger partial charge in [0.25, 0.3) is 0 Å². The first kappa shape index (κ1) is 15.3. The lowest BCUT2D eigenvalue weighted by atomic mass is 9.99. The van der Waals surface area contributed by atoms with Crippen LogP contribution in [0.15, 0.2) is 30.3 Å². The molecule has 1 N–H and O–H groups in total. The number of aliphatic carboxylic acids is 1. The molecule has 1 aliphatic rings. The first-order valence-corrected chi connectivity index (χ1v) is 7.29. The van der Waals surface area contributed by atoms with Gasteiger partial charge in [0.15, 0.2) is 0 Å². The number of likely N-dealkylation sites (tertiary alicyclic amines) is 1. The van der Waals surface area contributed by atoms with E-state index in [4.69, 9.17) is 0 Å². The van der Waals surface area contributed by atoms with E-state index in [1.165, 1.54) is 16.5 Å². The second-order valence-electron chi connectivity index (χ2n) is 5.60. The Morgan fingerprint density at radius 1 is 1.33 bits per heavy atom. The van der Waals surface area contributed by atoms with Crippen LogP contribution in [-0.2, 0) is 16.0 Å². The molecule has 1 atom stereocenters. The summed E-state index contributed by atoms with van der Waals surface area (Å²) in [6.45, 7) is 4.21. The zero-order valence-electron chi connectivity index (χ0n) is 12.5. The van der Waals surface area contributed by atoms with Crippen LogP contribution in [0.3, 0.4) is 0 Å². The van der Waals surface area contributed by atoms with Gasteiger partial charge < -0.3 is 10.0 Å². The van der Waals surface area contributed by atoms with Crippen LogP contribution in [0.2, 0.25) is 0 Å². The van der Waals surface area contributed by atoms with E-state index in [2.05, 4.69) is 6.92 Å². The van der Waals surface area contributed by atoms with Crippen LogP contribution in [0.1, 0.15) is 37.8 Å². The molecule has 1 aliphatic heterocycles. The van der Waals surface area contributed by atoms with E-state index in [-0.39, 0.29) is 5.91 Å². The summed E-state index contributed by atoms with van der Waals surface area (Å²) in [5.74, 6) is -1.17. The third-order valence-corrected chi connectivity index (χ3v) is 4.17. The Bertz CT molecular complexity index is 562. The van der Waals surface area contributed by atoms with Gasteiger partial charge in [-0.05, 0) is 43.4 Å². The molecule has 0 bridgehead atoms. The molecule has 1 saturated heterocycles. The zero-order chi connectivity index (χ0) is 15.5. The van der Waals surface area contributed by atoms with Crippen LogP contribution < -0.4 is 0 Å². The SMILES string of the molecule is CCc1ccc(C=CC(=O)N2CCCC2(C)C(=O)O)cc1. The van der Waals surface area contributed by atoms with Gasteiger partial charge in [-0.15, -0.1) is 0 Å². The molecule has 112 valence electrons. The van der Waals surface area contributed by atoms with Gasteiger partial charge in [0, 0.05) is 12.6 Å². The minimum Gasteiger partial charge on any atom is -0.480 e. The molecule has 0 aliphatic carbocycles. The third kappa shape index (κ3) is 3.15. The highest BCUT2D eigenvalue weighted by Crippen LogP contribution is 2.29. The van der Waals surface area contributed by atoms with Crippen molar-refractivity contribution in [3.63, 3.8) is 0 Å². The molecule has 1 aromatic rings. The molecule has 0 radical (unpaired) electrons. The van der Waals surface area contributed by atoms with Crippen LogP contribution in [-0.4, -0.2) is 34.0 Å². The average molecular weight is 287 g/mol. The Kier molecular flexibility index (Phi) is 4.46. The third-order valence-electron chi connectivity index (χ3n) is 4.17. The van der Waals surface area contributed by atoms with Crippen molar-refractivity contribution in [1.82, 2.24) is 4.90 Å². The fraction of sp³-hybridized carbons (Fsp3) is 0.412. The number of nitrogens with zero attached hydrogens (tertiary/aromatic N) is 1. The van der Waals surface area contributed by atoms with Gasteiger partial charge in [0.2, 0.25) is 5.91 Å². The Balaban J connectivity index is 2.09. The topological polar surface area (TPSA) is 57.6 Å². The van der Waals surface area contributed by atoms with Gasteiger partial charge in [-0.25, -0.2) is 4.79 Å². The zero-order valence-corrected chi connectivity index (χ0v) is 12.5. The number of carboxylic acid groups (broad SMARTS) is 1. The Labute approximate surface area is 125 Å². The van der Waals surface area contributed by atoms with E-state index in [1.54, 1.807) is 13.0 Å². The Morgan fingerprint density at radius 2 is 2.00 bits per heavy atom. The van der Waals surface area contributed by atoms with Crippen molar-refractivity contribution >= 4 is 18.0 Å². The van der Waals surface area contributed by atoms with Crippen molar-refractivity contribution in [1.29, 1.82) is 0 Å². The fourth-order valence-electron chi connectivity index (χ4n) is 2.66. The predicted molar refractivity (Wildman–Crippen MR) is 81.8 cm³/mol. The largest absolute Gasteiger partial charge is 0.480 e. The van der Waals surface area contributed by atoms with Crippen LogP contribution in [0.5, 0.6) is 0 Å². The van der Waals surface area contributed by atoms with Gasteiger partial charge in [0.1, 0.15) is 5.54 Å². The van der Waals surface area contributed by atoms with E-state index < -0.39 is 11.5 Å². The van der Waals surface area contributed by atoms with E-state index in [0.717, 1.165) is 18.4 Å². The second-order valence-corrected chi connectivity index (χ2v) is 5.60. The first-order valence-electron chi connectivity index (χ1n) is 7.29. The van der Waals surface area contributed by atoms with E-state index >= 15 is 0 Å². The number of aryl methyl sites for hydroxylation is 1. The molecule has 2 rings (SSSR count). The molecule has 1 fully saturated rings. The molecule has 4 heteroatoms. The van der Waals surface area contributed by atoms with Crippen molar-refractivity contribution in [2.75, 3.05) is 6.54 Å². The van der Waals surface area contributed by atoms with E-state index in [0.29, 0.717) is 13.0 Å². The molecule has 21 heavy (non-hydrogen) atoms. The predicted octanol–water partition coefficient (Wildman–Crippen LogP) is 2.73. The standard InChI is InChI=1S/C17H21NO3/c1-3-13-5-7-14(8-6-13)9-10-15(19)18-12-4-11-17(18,2)16(20)21/h5-10H,3-4,11-12H2,1-2H3,(H,20,21). The monoisotopic (exact) mass is 287 g/mol. The number of rotatable bonds is 4. The number of carbonyl (C=O) groups is 2. The summed E-state index contributed by atoms with van der Waals surface area (Å²) in [4.78, 5) is 25.1. The van der Waals surface area contributed by atoms with Gasteiger partial charge in [-0.2, -0.15) is 0 Å². The van der Waals surface area contributed by atoms with Crippen LogP contribution in [0.4, 0.5) is 0 Å². The first-order chi connectivity index (χ1) is 9.97. The van der Waals surface area contributed by atoms with Gasteiger partial charge in [0.05, 0.1) is 0 Å². The van der Waals surface area contributed by atoms with Crippen molar-refractivity contribution < 1.29 is 14.7 Å². The van der Waals surface area contributed by atoms with Crippen LogP contribution in [0, 0.1) is 0 Å². The van der Waals surface area contributed by atoms with E-state index in [1.807, 2.05) is 24.3 Å². The number of carboxylic acids is 1. The van der Waals surface area contributed by atoms with Crippen LogP contribution in [0.25, 0.3) is 6.08 Å². The lowest BCUT2D eigenvalue weighted by Crippen LogP contribution is -2.50. The Hall–Kier alpha value is -2.10. The fourth-order valence-corrected chi connectivity index (χ4v) is 2.66. The molecule has 0 aromatic heterocycles. The summed E-state index contributed by atoms with van der Waals surface area (Å²) < 4.78 is 0. The highest BCUT2D eigenvalue weighted by molar-refractivity contribution is 5.96. The molecule has 1 aromatic carbocycles. The highest BCUT2D eigenvalue weighted by atomic mass is 16.4. The number of hydrogen-bond acceptors (Lipinski definition) is 2. The minimum atomic E-state index is -1.08. The van der Waals surface area contributed by atoms with E-state index in [9.17, 15) is 14.7 Å². The summed E-state index contributed by atoms with van der Waals surface area (Å²) >= 11 is 0. The maximum absolute atomic E-state index is 12.2. The normalized spacial score (nSPS) is 21.9. The molecule has 0 saturated carbocycles.